The van der Waals surface area contributed by atoms with Crippen molar-refractivity contribution in [2.75, 3.05) is 4.90 Å². The molecule has 1 heterocycles. The molecule has 1 aliphatic heterocycles. The van der Waals surface area contributed by atoms with Gasteiger partial charge in [-0.1, -0.05) is 41.9 Å². The third-order valence-electron chi connectivity index (χ3n) is 3.55. The van der Waals surface area contributed by atoms with E-state index in [9.17, 15) is 14.7 Å². The molecule has 0 saturated heterocycles. The Hall–Kier alpha value is -2.59. The van der Waals surface area contributed by atoms with Crippen molar-refractivity contribution < 1.29 is 14.7 Å². The van der Waals surface area contributed by atoms with Gasteiger partial charge in [-0.3, -0.25) is 9.59 Å². The number of imide groups is 1. The molecule has 0 saturated carbocycles. The predicted molar refractivity (Wildman–Crippen MR) is 84.7 cm³/mol. The van der Waals surface area contributed by atoms with E-state index in [4.69, 9.17) is 11.6 Å². The zero-order chi connectivity index (χ0) is 15.9. The van der Waals surface area contributed by atoms with E-state index in [1.54, 1.807) is 49.4 Å². The number of rotatable bonds is 2. The maximum Gasteiger partial charge on any atom is 0.301 e. The van der Waals surface area contributed by atoms with Crippen LogP contribution < -0.4 is 4.90 Å². The van der Waals surface area contributed by atoms with Gasteiger partial charge < -0.3 is 5.11 Å². The van der Waals surface area contributed by atoms with Gasteiger partial charge in [-0.15, -0.1) is 0 Å². The van der Waals surface area contributed by atoms with Crippen molar-refractivity contribution in [1.29, 1.82) is 0 Å². The number of para-hydroxylation sites is 1. The van der Waals surface area contributed by atoms with Crippen molar-refractivity contribution in [3.8, 4) is 0 Å². The number of hydrogen-bond donors (Lipinski definition) is 1. The Morgan fingerprint density at radius 1 is 0.955 bits per heavy atom. The molecular weight excluding hydrogens is 302 g/mol. The molecule has 0 unspecified atom stereocenters. The van der Waals surface area contributed by atoms with Crippen LogP contribution in [0.4, 0.5) is 5.69 Å². The van der Waals surface area contributed by atoms with Gasteiger partial charge in [-0.05, 0) is 36.2 Å². The SMILES string of the molecule is Cc1ccccc1N1C(=O)C(O)=C(c2ccc(Cl)cc2)C1=O. The third-order valence-corrected chi connectivity index (χ3v) is 3.80. The summed E-state index contributed by atoms with van der Waals surface area (Å²) in [6.07, 6.45) is 0. The topological polar surface area (TPSA) is 57.6 Å². The molecule has 5 heteroatoms. The lowest BCUT2D eigenvalue weighted by Gasteiger charge is -2.16. The summed E-state index contributed by atoms with van der Waals surface area (Å²) in [6, 6.07) is 13.4. The molecule has 22 heavy (non-hydrogen) atoms. The number of aryl methyl sites for hydroxylation is 1. The number of hydrogen-bond acceptors (Lipinski definition) is 3. The molecule has 4 nitrogen and oxygen atoms in total. The number of benzene rings is 2. The van der Waals surface area contributed by atoms with Crippen LogP contribution in [0, 0.1) is 6.92 Å². The van der Waals surface area contributed by atoms with E-state index in [0.717, 1.165) is 10.5 Å². The van der Waals surface area contributed by atoms with Gasteiger partial charge in [0.15, 0.2) is 5.76 Å². The smallest absolute Gasteiger partial charge is 0.301 e. The van der Waals surface area contributed by atoms with Crippen LogP contribution in [-0.4, -0.2) is 16.9 Å². The molecule has 0 fully saturated rings. The minimum absolute atomic E-state index is 0.00933. The van der Waals surface area contributed by atoms with Gasteiger partial charge in [-0.25, -0.2) is 4.90 Å². The Bertz CT molecular complexity index is 809. The highest BCUT2D eigenvalue weighted by Crippen LogP contribution is 2.33. The van der Waals surface area contributed by atoms with Gasteiger partial charge in [-0.2, -0.15) is 0 Å². The molecular formula is C17H12ClNO3. The van der Waals surface area contributed by atoms with E-state index in [1.165, 1.54) is 0 Å². The van der Waals surface area contributed by atoms with E-state index >= 15 is 0 Å². The second-order valence-corrected chi connectivity index (χ2v) is 5.40. The maximum atomic E-state index is 12.6. The fourth-order valence-corrected chi connectivity index (χ4v) is 2.55. The standard InChI is InChI=1S/C17H12ClNO3/c1-10-4-2-3-5-13(10)19-16(21)14(15(20)17(19)22)11-6-8-12(18)9-7-11/h2-9,20H,1H3. The Kier molecular flexibility index (Phi) is 3.47. The van der Waals surface area contributed by atoms with Crippen LogP contribution in [0.5, 0.6) is 0 Å². The van der Waals surface area contributed by atoms with Crippen molar-refractivity contribution in [1.82, 2.24) is 0 Å². The van der Waals surface area contributed by atoms with E-state index in [1.807, 2.05) is 6.07 Å². The predicted octanol–water partition coefficient (Wildman–Crippen LogP) is 3.49. The first-order chi connectivity index (χ1) is 10.5. The minimum atomic E-state index is -0.718. The highest BCUT2D eigenvalue weighted by molar-refractivity contribution is 6.45. The number of anilines is 1. The molecule has 1 N–H and O–H groups in total. The Morgan fingerprint density at radius 3 is 2.23 bits per heavy atom. The highest BCUT2D eigenvalue weighted by atomic mass is 35.5. The van der Waals surface area contributed by atoms with Gasteiger partial charge in [0.05, 0.1) is 11.3 Å². The van der Waals surface area contributed by atoms with Gasteiger partial charge in [0, 0.05) is 5.02 Å². The van der Waals surface area contributed by atoms with Crippen molar-refractivity contribution in [2.45, 2.75) is 6.92 Å². The summed E-state index contributed by atoms with van der Waals surface area (Å²) < 4.78 is 0. The summed E-state index contributed by atoms with van der Waals surface area (Å²) >= 11 is 5.82. The molecule has 3 rings (SSSR count). The molecule has 1 aliphatic rings. The minimum Gasteiger partial charge on any atom is -0.502 e. The lowest BCUT2D eigenvalue weighted by molar-refractivity contribution is -0.121. The van der Waals surface area contributed by atoms with Gasteiger partial charge in [0.2, 0.25) is 0 Å². The first-order valence-corrected chi connectivity index (χ1v) is 7.02. The van der Waals surface area contributed by atoms with Crippen LogP contribution in [0.2, 0.25) is 5.02 Å². The molecule has 0 bridgehead atoms. The van der Waals surface area contributed by atoms with Gasteiger partial charge in [0.1, 0.15) is 0 Å². The zero-order valence-electron chi connectivity index (χ0n) is 11.7. The molecule has 0 spiro atoms. The van der Waals surface area contributed by atoms with Crippen LogP contribution >= 0.6 is 11.6 Å². The zero-order valence-corrected chi connectivity index (χ0v) is 12.5. The summed E-state index contributed by atoms with van der Waals surface area (Å²) in [5.41, 5.74) is 1.68. The number of carbonyl (C=O) groups excluding carboxylic acids is 2. The van der Waals surface area contributed by atoms with E-state index in [0.29, 0.717) is 16.3 Å². The quantitative estimate of drug-likeness (QED) is 0.863. The second kappa shape index (κ2) is 5.31. The molecule has 2 aromatic rings. The first-order valence-electron chi connectivity index (χ1n) is 6.64. The molecule has 0 atom stereocenters. The third kappa shape index (κ3) is 2.18. The van der Waals surface area contributed by atoms with Crippen LogP contribution in [0.25, 0.3) is 5.57 Å². The molecule has 0 aromatic heterocycles. The van der Waals surface area contributed by atoms with E-state index in [-0.39, 0.29) is 5.57 Å². The summed E-state index contributed by atoms with van der Waals surface area (Å²) in [7, 11) is 0. The number of aliphatic hydroxyl groups excluding tert-OH is 1. The number of carbonyl (C=O) groups is 2. The molecule has 2 amide bonds. The molecule has 2 aromatic carbocycles. The summed E-state index contributed by atoms with van der Waals surface area (Å²) in [5.74, 6) is -1.81. The summed E-state index contributed by atoms with van der Waals surface area (Å²) in [5, 5.41) is 10.6. The monoisotopic (exact) mass is 313 g/mol. The lowest BCUT2D eigenvalue weighted by atomic mass is 10.1. The molecule has 0 aliphatic carbocycles. The average Bonchev–Trinajstić information content (AvgIpc) is 2.72. The van der Waals surface area contributed by atoms with Crippen molar-refractivity contribution in [3.05, 3.63) is 70.4 Å². The Labute approximate surface area is 132 Å². The van der Waals surface area contributed by atoms with Crippen LogP contribution in [-0.2, 0) is 9.59 Å². The van der Waals surface area contributed by atoms with E-state index < -0.39 is 17.6 Å². The van der Waals surface area contributed by atoms with Crippen LogP contribution in [0.1, 0.15) is 11.1 Å². The summed E-state index contributed by atoms with van der Waals surface area (Å²) in [4.78, 5) is 25.9. The number of nitrogens with zero attached hydrogens (tertiary/aromatic N) is 1. The number of aliphatic hydroxyl groups is 1. The largest absolute Gasteiger partial charge is 0.502 e. The van der Waals surface area contributed by atoms with Gasteiger partial charge in [0.25, 0.3) is 5.91 Å². The lowest BCUT2D eigenvalue weighted by Crippen LogP contribution is -2.32. The Balaban J connectivity index is 2.08. The van der Waals surface area contributed by atoms with Crippen molar-refractivity contribution in [2.24, 2.45) is 0 Å². The average molecular weight is 314 g/mol. The fourth-order valence-electron chi connectivity index (χ4n) is 2.43. The fraction of sp³-hybridized carbons (Fsp3) is 0.0588. The van der Waals surface area contributed by atoms with E-state index in [2.05, 4.69) is 0 Å². The second-order valence-electron chi connectivity index (χ2n) is 4.96. The highest BCUT2D eigenvalue weighted by Gasteiger charge is 2.40. The number of amides is 2. The molecule has 0 radical (unpaired) electrons. The van der Waals surface area contributed by atoms with Crippen molar-refractivity contribution in [3.63, 3.8) is 0 Å². The van der Waals surface area contributed by atoms with Crippen LogP contribution in [0.15, 0.2) is 54.3 Å². The Morgan fingerprint density at radius 2 is 1.59 bits per heavy atom. The molecule has 110 valence electrons. The number of halogens is 1. The first kappa shape index (κ1) is 14.4. The van der Waals surface area contributed by atoms with Crippen LogP contribution in [0.3, 0.4) is 0 Å². The van der Waals surface area contributed by atoms with Gasteiger partial charge >= 0.3 is 5.91 Å². The summed E-state index contributed by atoms with van der Waals surface area (Å²) in [6.45, 7) is 1.80. The maximum absolute atomic E-state index is 12.6. The normalized spacial score (nSPS) is 14.9. The van der Waals surface area contributed by atoms with Crippen molar-refractivity contribution >= 4 is 34.7 Å².